The van der Waals surface area contributed by atoms with Crippen LogP contribution in [0.1, 0.15) is 0 Å². The summed E-state index contributed by atoms with van der Waals surface area (Å²) in [6.45, 7) is 0. The van der Waals surface area contributed by atoms with Crippen LogP contribution in [0.25, 0.3) is 0 Å². The molecule has 0 aromatic heterocycles. The summed E-state index contributed by atoms with van der Waals surface area (Å²) < 4.78 is 35.6. The molecule has 0 unspecified atom stereocenters. The quantitative estimate of drug-likeness (QED) is 0.340. The van der Waals surface area contributed by atoms with E-state index >= 15 is 0 Å². The summed E-state index contributed by atoms with van der Waals surface area (Å²) >= 11 is -5.88. The fourth-order valence-electron chi connectivity index (χ4n) is 0. The third kappa shape index (κ3) is 45.0. The molecule has 0 atom stereocenters. The van der Waals surface area contributed by atoms with Crippen LogP contribution in [0.15, 0.2) is 0 Å². The van der Waals surface area contributed by atoms with Gasteiger partial charge in [-0.15, -0.1) is 0 Å². The molecule has 0 rings (SSSR count). The number of hydrogen-bond acceptors (Lipinski definition) is 3. The van der Waals surface area contributed by atoms with Crippen molar-refractivity contribution in [1.29, 1.82) is 0 Å². The van der Waals surface area contributed by atoms with Crippen LogP contribution in [-0.2, 0) is 21.2 Å². The SMILES string of the molecule is [K+].[O]=[Mn](=[O])([O-])[F]. The van der Waals surface area contributed by atoms with Gasteiger partial charge in [-0.05, 0) is 0 Å². The van der Waals surface area contributed by atoms with Gasteiger partial charge in [0.15, 0.2) is 0 Å². The molecule has 6 heavy (non-hydrogen) atoms. The monoisotopic (exact) mass is 161 g/mol. The van der Waals surface area contributed by atoms with Crippen molar-refractivity contribution in [2.45, 2.75) is 0 Å². The van der Waals surface area contributed by atoms with Crippen molar-refractivity contribution in [2.24, 2.45) is 0 Å². The van der Waals surface area contributed by atoms with Crippen LogP contribution >= 0.6 is 0 Å². The Kier molecular flexibility index (Phi) is 6.40. The summed E-state index contributed by atoms with van der Waals surface area (Å²) in [6, 6.07) is 0. The van der Waals surface area contributed by atoms with Crippen molar-refractivity contribution in [3.63, 3.8) is 0 Å². The Labute approximate surface area is 78.8 Å². The van der Waals surface area contributed by atoms with Crippen LogP contribution in [-0.4, -0.2) is 0 Å². The van der Waals surface area contributed by atoms with Crippen molar-refractivity contribution in [1.82, 2.24) is 0 Å². The molecule has 0 radical (unpaired) electrons. The molecular formula is FKMnO3. The average Bonchev–Trinajstić information content (AvgIpc) is 0.722. The molecule has 0 spiro atoms. The molecular weight excluding hydrogens is 161 g/mol. The summed E-state index contributed by atoms with van der Waals surface area (Å²) in [5.41, 5.74) is 0. The van der Waals surface area contributed by atoms with Gasteiger partial charge in [0.2, 0.25) is 0 Å². The van der Waals surface area contributed by atoms with E-state index in [1.807, 2.05) is 0 Å². The molecule has 0 heterocycles. The number of hydrogen-bond donors (Lipinski definition) is 0. The molecule has 33 valence electrons. The van der Waals surface area contributed by atoms with E-state index in [9.17, 15) is 3.55 Å². The maximum absolute atomic E-state index is 10.2. The molecule has 6 heteroatoms. The Bertz CT molecular complexity index is 94.0. The average molecular weight is 161 g/mol. The third-order valence-corrected chi connectivity index (χ3v) is 0. The molecule has 0 amide bonds. The zero-order valence-corrected chi connectivity index (χ0v) is 7.28. The van der Waals surface area contributed by atoms with Crippen molar-refractivity contribution in [3.05, 3.63) is 0 Å². The van der Waals surface area contributed by atoms with E-state index < -0.39 is 13.5 Å². The van der Waals surface area contributed by atoms with Crippen LogP contribution in [0, 0.1) is 0 Å². The minimum atomic E-state index is -5.88. The first kappa shape index (κ1) is 10.6. The second kappa shape index (κ2) is 3.62. The summed E-state index contributed by atoms with van der Waals surface area (Å²) in [5, 5.41) is 0. The molecule has 0 saturated carbocycles. The zero-order valence-electron chi connectivity index (χ0n) is 2.98. The van der Waals surface area contributed by atoms with Crippen LogP contribution in [0.2, 0.25) is 0 Å². The first-order chi connectivity index (χ1) is 2.00. The maximum atomic E-state index is 10.2. The van der Waals surface area contributed by atoms with E-state index in [0.29, 0.717) is 0 Å². The third-order valence-electron chi connectivity index (χ3n) is 0. The van der Waals surface area contributed by atoms with Gasteiger partial charge in [0.05, 0.1) is 0 Å². The van der Waals surface area contributed by atoms with Crippen LogP contribution in [0.5, 0.6) is 0 Å². The van der Waals surface area contributed by atoms with Gasteiger partial charge in [-0.2, -0.15) is 0 Å². The predicted octanol–water partition coefficient (Wildman–Crippen LogP) is -4.00. The molecule has 0 saturated heterocycles. The molecule has 0 bridgehead atoms. The van der Waals surface area contributed by atoms with Gasteiger partial charge < -0.3 is 0 Å². The Hall–Kier alpha value is 1.65. The van der Waals surface area contributed by atoms with E-state index in [1.54, 1.807) is 0 Å². The normalized spacial score (nSPS) is 9.67. The molecule has 0 aliphatic carbocycles. The van der Waals surface area contributed by atoms with Gasteiger partial charge in [-0.25, -0.2) is 0 Å². The standard InChI is InChI=1S/FH.K.Mn.3O/h1H;;;;;/q;2*+1;;;-1/p-1. The van der Waals surface area contributed by atoms with Gasteiger partial charge in [0.25, 0.3) is 0 Å². The molecule has 0 aliphatic heterocycles. The van der Waals surface area contributed by atoms with Crippen LogP contribution in [0.4, 0.5) is 3.55 Å². The molecule has 0 aliphatic rings. The summed E-state index contributed by atoms with van der Waals surface area (Å²) in [4.78, 5) is 0. The van der Waals surface area contributed by atoms with E-state index in [-0.39, 0.29) is 51.4 Å². The number of halogens is 1. The molecule has 0 aromatic rings. The predicted molar refractivity (Wildman–Crippen MR) is 2.48 cm³/mol. The minimum absolute atomic E-state index is 0. The zero-order chi connectivity index (χ0) is 4.50. The van der Waals surface area contributed by atoms with E-state index in [1.165, 1.54) is 0 Å². The Morgan fingerprint density at radius 3 is 1.50 bits per heavy atom. The van der Waals surface area contributed by atoms with E-state index in [4.69, 9.17) is 11.9 Å². The van der Waals surface area contributed by atoms with Crippen molar-refractivity contribution in [3.8, 4) is 0 Å². The second-order valence-corrected chi connectivity index (χ2v) is 1.50. The van der Waals surface area contributed by atoms with Gasteiger partial charge in [0.1, 0.15) is 0 Å². The van der Waals surface area contributed by atoms with Crippen molar-refractivity contribution in [2.75, 3.05) is 0 Å². The van der Waals surface area contributed by atoms with Gasteiger partial charge in [-0.1, -0.05) is 0 Å². The Morgan fingerprint density at radius 1 is 1.50 bits per heavy atom. The topological polar surface area (TPSA) is 57.2 Å². The summed E-state index contributed by atoms with van der Waals surface area (Å²) in [6.07, 6.45) is 0. The first-order valence-electron chi connectivity index (χ1n) is 0.606. The summed E-state index contributed by atoms with van der Waals surface area (Å²) in [5.74, 6) is 0. The van der Waals surface area contributed by atoms with Crippen molar-refractivity contribution >= 4 is 0 Å². The molecule has 0 N–H and O–H groups in total. The van der Waals surface area contributed by atoms with Gasteiger partial charge >= 0.3 is 80.3 Å². The summed E-state index contributed by atoms with van der Waals surface area (Å²) in [7, 11) is 0. The van der Waals surface area contributed by atoms with Crippen LogP contribution in [0.3, 0.4) is 0 Å². The molecule has 0 aromatic carbocycles. The number of rotatable bonds is 0. The van der Waals surface area contributed by atoms with Gasteiger partial charge in [0, 0.05) is 0 Å². The van der Waals surface area contributed by atoms with Gasteiger partial charge in [-0.3, -0.25) is 0 Å². The first-order valence-corrected chi connectivity index (χ1v) is 2.50. The fourth-order valence-corrected chi connectivity index (χ4v) is 0. The molecule has 3 nitrogen and oxygen atoms in total. The molecule has 0 fully saturated rings. The van der Waals surface area contributed by atoms with Crippen LogP contribution < -0.4 is 55.6 Å². The Morgan fingerprint density at radius 2 is 1.50 bits per heavy atom. The van der Waals surface area contributed by atoms with Crippen molar-refractivity contribution < 1.29 is 80.3 Å². The Balaban J connectivity index is 0. The fraction of sp³-hybridized carbons (Fsp3) is 0. The van der Waals surface area contributed by atoms with E-state index in [0.717, 1.165) is 0 Å². The second-order valence-electron chi connectivity index (χ2n) is 0.364. The van der Waals surface area contributed by atoms with E-state index in [2.05, 4.69) is 0 Å².